The van der Waals surface area contributed by atoms with E-state index in [4.69, 9.17) is 4.52 Å². The van der Waals surface area contributed by atoms with E-state index in [1.807, 2.05) is 19.2 Å². The quantitative estimate of drug-likeness (QED) is 0.470. The molecule has 1 saturated heterocycles. The van der Waals surface area contributed by atoms with Crippen LogP contribution in [-0.4, -0.2) is 50.3 Å². The second kappa shape index (κ2) is 8.90. The summed E-state index contributed by atoms with van der Waals surface area (Å²) in [5, 5.41) is 7.29. The number of imidazole rings is 1. The van der Waals surface area contributed by atoms with Crippen molar-refractivity contribution in [2.45, 2.75) is 32.2 Å². The van der Waals surface area contributed by atoms with Gasteiger partial charge in [0.2, 0.25) is 5.95 Å². The Morgan fingerprint density at radius 3 is 2.48 bits per heavy atom. The van der Waals surface area contributed by atoms with Gasteiger partial charge in [0.1, 0.15) is 0 Å². The number of fused-ring (bicyclic) bond motifs is 1. The fourth-order valence-corrected chi connectivity index (χ4v) is 4.32. The highest BCUT2D eigenvalue weighted by Gasteiger charge is 2.21. The molecule has 0 amide bonds. The first-order valence-corrected chi connectivity index (χ1v) is 11.2. The second-order valence-corrected chi connectivity index (χ2v) is 8.60. The lowest BCUT2D eigenvalue weighted by molar-refractivity contribution is 0.221. The van der Waals surface area contributed by atoms with Gasteiger partial charge < -0.3 is 19.3 Å². The van der Waals surface area contributed by atoms with Gasteiger partial charge in [-0.05, 0) is 43.9 Å². The largest absolute Gasteiger partial charge is 0.353 e. The predicted molar refractivity (Wildman–Crippen MR) is 122 cm³/mol. The van der Waals surface area contributed by atoms with Gasteiger partial charge in [-0.3, -0.25) is 0 Å². The minimum absolute atomic E-state index is 0.281. The summed E-state index contributed by atoms with van der Waals surface area (Å²) in [6.07, 6.45) is 2.95. The van der Waals surface area contributed by atoms with Crippen molar-refractivity contribution >= 4 is 17.0 Å². The fourth-order valence-electron chi connectivity index (χ4n) is 4.32. The number of nitrogens with one attached hydrogen (secondary N) is 1. The van der Waals surface area contributed by atoms with Crippen molar-refractivity contribution < 1.29 is 13.3 Å². The lowest BCUT2D eigenvalue weighted by Crippen LogP contribution is -2.40. The zero-order valence-electron chi connectivity index (χ0n) is 18.7. The Morgan fingerprint density at radius 1 is 1.06 bits per heavy atom. The Balaban J connectivity index is 1.13. The van der Waals surface area contributed by atoms with Gasteiger partial charge in [-0.25, -0.2) is 13.8 Å². The molecule has 0 bridgehead atoms. The van der Waals surface area contributed by atoms with Crippen molar-refractivity contribution in [3.8, 4) is 11.5 Å². The molecule has 5 rings (SSSR count). The van der Waals surface area contributed by atoms with Crippen LogP contribution in [0.2, 0.25) is 0 Å². The molecule has 3 heterocycles. The molecule has 0 aliphatic carbocycles. The molecule has 4 aromatic rings. The summed E-state index contributed by atoms with van der Waals surface area (Å²) in [5.41, 5.74) is 3.23. The highest BCUT2D eigenvalue weighted by atomic mass is 19.2. The molecule has 1 aliphatic rings. The van der Waals surface area contributed by atoms with Crippen LogP contribution in [0.25, 0.3) is 22.5 Å². The van der Waals surface area contributed by atoms with Crippen molar-refractivity contribution in [1.29, 1.82) is 0 Å². The van der Waals surface area contributed by atoms with E-state index in [-0.39, 0.29) is 6.04 Å². The zero-order chi connectivity index (χ0) is 22.9. The van der Waals surface area contributed by atoms with E-state index in [0.717, 1.165) is 50.5 Å². The van der Waals surface area contributed by atoms with Crippen molar-refractivity contribution in [3.63, 3.8) is 0 Å². The van der Waals surface area contributed by atoms with Crippen LogP contribution in [-0.2, 0) is 13.5 Å². The van der Waals surface area contributed by atoms with E-state index >= 15 is 0 Å². The molecular weight excluding hydrogens is 426 g/mol. The maximum absolute atomic E-state index is 13.6. The van der Waals surface area contributed by atoms with Crippen LogP contribution in [0.4, 0.5) is 14.7 Å². The number of hydrogen-bond donors (Lipinski definition) is 1. The third-order valence-corrected chi connectivity index (χ3v) is 6.29. The Hall–Kier alpha value is -3.33. The average Bonchev–Trinajstić information content (AvgIpc) is 3.38. The molecular formula is C24H26F2N6O. The molecule has 33 heavy (non-hydrogen) atoms. The lowest BCUT2D eigenvalue weighted by atomic mass is 10.0. The number of hydrogen-bond acceptors (Lipinski definition) is 6. The first-order valence-electron chi connectivity index (χ1n) is 11.2. The monoisotopic (exact) mass is 452 g/mol. The molecule has 1 fully saturated rings. The summed E-state index contributed by atoms with van der Waals surface area (Å²) < 4.78 is 34.1. The van der Waals surface area contributed by atoms with E-state index in [0.29, 0.717) is 28.7 Å². The van der Waals surface area contributed by atoms with Crippen molar-refractivity contribution in [3.05, 3.63) is 59.4 Å². The SMILES string of the molecule is Cc1noc(-c2ccc(CCN3CCC(Nc4nc5cc(F)c(F)cc5n4C)CC3)cc2)n1. The Labute approximate surface area is 190 Å². The molecule has 0 spiro atoms. The number of likely N-dealkylation sites (tertiary alicyclic amines) is 1. The van der Waals surface area contributed by atoms with Gasteiger partial charge in [0.15, 0.2) is 17.5 Å². The summed E-state index contributed by atoms with van der Waals surface area (Å²) in [6, 6.07) is 10.9. The van der Waals surface area contributed by atoms with E-state index in [2.05, 4.69) is 37.5 Å². The first-order chi connectivity index (χ1) is 16.0. The van der Waals surface area contributed by atoms with Crippen molar-refractivity contribution in [2.24, 2.45) is 7.05 Å². The number of piperidine rings is 1. The van der Waals surface area contributed by atoms with E-state index < -0.39 is 11.6 Å². The lowest BCUT2D eigenvalue weighted by Gasteiger charge is -2.32. The number of anilines is 1. The molecule has 172 valence electrons. The second-order valence-electron chi connectivity index (χ2n) is 8.60. The Bertz CT molecular complexity index is 1260. The van der Waals surface area contributed by atoms with Crippen LogP contribution in [0.5, 0.6) is 0 Å². The molecule has 0 saturated carbocycles. The van der Waals surface area contributed by atoms with E-state index in [1.165, 1.54) is 11.6 Å². The molecule has 7 nitrogen and oxygen atoms in total. The van der Waals surface area contributed by atoms with Crippen LogP contribution in [0.15, 0.2) is 40.9 Å². The smallest absolute Gasteiger partial charge is 0.257 e. The van der Waals surface area contributed by atoms with Crippen LogP contribution in [0.1, 0.15) is 24.2 Å². The maximum Gasteiger partial charge on any atom is 0.257 e. The average molecular weight is 453 g/mol. The maximum atomic E-state index is 13.6. The number of rotatable bonds is 6. The van der Waals surface area contributed by atoms with Gasteiger partial charge in [0.25, 0.3) is 5.89 Å². The third kappa shape index (κ3) is 4.59. The highest BCUT2D eigenvalue weighted by Crippen LogP contribution is 2.24. The van der Waals surface area contributed by atoms with Gasteiger partial charge in [-0.15, -0.1) is 0 Å². The summed E-state index contributed by atoms with van der Waals surface area (Å²) in [7, 11) is 1.81. The van der Waals surface area contributed by atoms with E-state index in [1.54, 1.807) is 11.5 Å². The fraction of sp³-hybridized carbons (Fsp3) is 0.375. The zero-order valence-corrected chi connectivity index (χ0v) is 18.7. The molecule has 0 unspecified atom stereocenters. The number of benzene rings is 2. The van der Waals surface area contributed by atoms with Crippen molar-refractivity contribution in [2.75, 3.05) is 25.0 Å². The molecule has 1 aliphatic heterocycles. The summed E-state index contributed by atoms with van der Waals surface area (Å²) in [6.45, 7) is 4.78. The molecule has 2 aromatic heterocycles. The molecule has 9 heteroatoms. The molecule has 1 N–H and O–H groups in total. The third-order valence-electron chi connectivity index (χ3n) is 6.29. The highest BCUT2D eigenvalue weighted by molar-refractivity contribution is 5.78. The van der Waals surface area contributed by atoms with Crippen LogP contribution >= 0.6 is 0 Å². The van der Waals surface area contributed by atoms with Gasteiger partial charge in [0.05, 0.1) is 11.0 Å². The predicted octanol–water partition coefficient (Wildman–Crippen LogP) is 4.33. The van der Waals surface area contributed by atoms with Gasteiger partial charge in [-0.2, -0.15) is 4.98 Å². The topological polar surface area (TPSA) is 72.0 Å². The Morgan fingerprint density at radius 2 is 1.79 bits per heavy atom. The number of aryl methyl sites for hydroxylation is 2. The molecule has 0 radical (unpaired) electrons. The standard InChI is InChI=1S/C24H26F2N6O/c1-15-27-23(33-30-15)17-5-3-16(4-6-17)7-10-32-11-8-18(9-12-32)28-24-29-21-13-19(25)20(26)14-22(21)31(24)2/h3-6,13-14,18H,7-12H2,1-2H3,(H,28,29). The van der Waals surface area contributed by atoms with Crippen molar-refractivity contribution in [1.82, 2.24) is 24.6 Å². The minimum Gasteiger partial charge on any atom is -0.353 e. The minimum atomic E-state index is -0.875. The van der Waals surface area contributed by atoms with Gasteiger partial charge in [-0.1, -0.05) is 17.3 Å². The summed E-state index contributed by atoms with van der Waals surface area (Å²) >= 11 is 0. The van der Waals surface area contributed by atoms with Gasteiger partial charge >= 0.3 is 0 Å². The molecule has 0 atom stereocenters. The number of nitrogens with zero attached hydrogens (tertiary/aromatic N) is 5. The summed E-state index contributed by atoms with van der Waals surface area (Å²) in [5.74, 6) is 0.0880. The van der Waals surface area contributed by atoms with Crippen LogP contribution in [0.3, 0.4) is 0 Å². The van der Waals surface area contributed by atoms with E-state index in [9.17, 15) is 8.78 Å². The molecule has 2 aromatic carbocycles. The Kier molecular flexibility index (Phi) is 5.80. The number of halogens is 2. The normalized spacial score (nSPS) is 15.4. The first kappa shape index (κ1) is 21.5. The van der Waals surface area contributed by atoms with Crippen LogP contribution < -0.4 is 5.32 Å². The van der Waals surface area contributed by atoms with Crippen LogP contribution in [0, 0.1) is 18.6 Å². The summed E-state index contributed by atoms with van der Waals surface area (Å²) in [4.78, 5) is 11.2. The van der Waals surface area contributed by atoms with Gasteiger partial charge in [0, 0.05) is 50.4 Å². The number of aromatic nitrogens is 4.